The fourth-order valence-electron chi connectivity index (χ4n) is 3.36. The van der Waals surface area contributed by atoms with Crippen molar-refractivity contribution in [2.24, 2.45) is 0 Å². The normalized spacial score (nSPS) is 10.7. The van der Waals surface area contributed by atoms with Gasteiger partial charge in [-0.05, 0) is 41.8 Å². The first-order valence-electron chi connectivity index (χ1n) is 9.45. The minimum atomic E-state index is -0.450. The van der Waals surface area contributed by atoms with Crippen LogP contribution in [0.15, 0.2) is 72.9 Å². The largest absolute Gasteiger partial charge is 0.326 e. The van der Waals surface area contributed by atoms with Crippen molar-refractivity contribution in [1.29, 1.82) is 0 Å². The third-order valence-electron chi connectivity index (χ3n) is 4.70. The van der Waals surface area contributed by atoms with Crippen molar-refractivity contribution in [3.63, 3.8) is 0 Å². The molecule has 0 bridgehead atoms. The van der Waals surface area contributed by atoms with Crippen molar-refractivity contribution in [1.82, 2.24) is 4.98 Å². The Morgan fingerprint density at radius 3 is 2.48 bits per heavy atom. The number of aromatic nitrogens is 1. The predicted octanol–water partition coefficient (Wildman–Crippen LogP) is 6.42. The number of hydrogen-bond acceptors (Lipinski definition) is 3. The molecule has 2 amide bonds. The van der Waals surface area contributed by atoms with E-state index < -0.39 is 5.91 Å². The van der Waals surface area contributed by atoms with Crippen LogP contribution < -0.4 is 10.6 Å². The van der Waals surface area contributed by atoms with E-state index in [0.717, 1.165) is 16.5 Å². The molecule has 4 aromatic rings. The topological polar surface area (TPSA) is 71.1 Å². The quantitative estimate of drug-likeness (QED) is 0.377. The summed E-state index contributed by atoms with van der Waals surface area (Å²) >= 11 is 12.7. The minimum absolute atomic E-state index is 0.180. The Balaban J connectivity index is 1.72. The molecule has 5 nitrogen and oxygen atoms in total. The molecular weight excluding hydrogens is 433 g/mol. The van der Waals surface area contributed by atoms with E-state index in [-0.39, 0.29) is 16.5 Å². The molecule has 2 N–H and O–H groups in total. The van der Waals surface area contributed by atoms with Crippen molar-refractivity contribution in [2.75, 3.05) is 10.6 Å². The van der Waals surface area contributed by atoms with Crippen LogP contribution in [-0.2, 0) is 4.79 Å². The molecule has 0 unspecified atom stereocenters. The number of rotatable bonds is 4. The van der Waals surface area contributed by atoms with Crippen LogP contribution in [-0.4, -0.2) is 16.8 Å². The zero-order valence-corrected chi connectivity index (χ0v) is 18.0. The molecule has 154 valence electrons. The number of benzene rings is 3. The van der Waals surface area contributed by atoms with E-state index in [0.29, 0.717) is 22.0 Å². The van der Waals surface area contributed by atoms with Crippen molar-refractivity contribution in [2.45, 2.75) is 6.92 Å². The number of carbonyl (C=O) groups is 2. The number of fused-ring (bicyclic) bond motifs is 1. The zero-order chi connectivity index (χ0) is 22.0. The molecule has 7 heteroatoms. The summed E-state index contributed by atoms with van der Waals surface area (Å²) in [5.74, 6) is -0.749. The van der Waals surface area contributed by atoms with Gasteiger partial charge >= 0.3 is 0 Å². The fraction of sp³-hybridized carbons (Fsp3) is 0.0417. The second kappa shape index (κ2) is 8.76. The van der Waals surface area contributed by atoms with Crippen LogP contribution in [0.3, 0.4) is 0 Å². The molecule has 0 saturated heterocycles. The molecule has 0 aliphatic rings. The van der Waals surface area contributed by atoms with Gasteiger partial charge in [-0.15, -0.1) is 0 Å². The van der Waals surface area contributed by atoms with Gasteiger partial charge in [0.25, 0.3) is 5.91 Å². The maximum absolute atomic E-state index is 13.0. The average molecular weight is 450 g/mol. The Bertz CT molecular complexity index is 1320. The highest BCUT2D eigenvalue weighted by Crippen LogP contribution is 2.34. The van der Waals surface area contributed by atoms with Crippen molar-refractivity contribution in [3.05, 3.63) is 88.5 Å². The SMILES string of the molecule is CC(=O)Nc1cccc(Cl)c1C(=O)Nc1ccc(Cl)c(-c2nccc3ccccc23)c1. The third kappa shape index (κ3) is 4.38. The third-order valence-corrected chi connectivity index (χ3v) is 5.35. The van der Waals surface area contributed by atoms with Gasteiger partial charge in [-0.1, -0.05) is 53.5 Å². The molecule has 0 aliphatic heterocycles. The highest BCUT2D eigenvalue weighted by Gasteiger charge is 2.18. The zero-order valence-electron chi connectivity index (χ0n) is 16.4. The molecule has 0 fully saturated rings. The maximum atomic E-state index is 13.0. The Morgan fingerprint density at radius 2 is 1.68 bits per heavy atom. The van der Waals surface area contributed by atoms with E-state index in [1.54, 1.807) is 42.6 Å². The first-order valence-corrected chi connectivity index (χ1v) is 10.2. The summed E-state index contributed by atoms with van der Waals surface area (Å²) in [6, 6.07) is 19.9. The van der Waals surface area contributed by atoms with E-state index in [2.05, 4.69) is 15.6 Å². The summed E-state index contributed by atoms with van der Waals surface area (Å²) in [5.41, 5.74) is 2.45. The molecule has 1 aromatic heterocycles. The first-order chi connectivity index (χ1) is 14.9. The summed E-state index contributed by atoms with van der Waals surface area (Å²) in [5, 5.41) is 8.20. The van der Waals surface area contributed by atoms with Crippen LogP contribution in [0, 0.1) is 0 Å². The summed E-state index contributed by atoms with van der Waals surface area (Å²) in [4.78, 5) is 29.0. The van der Waals surface area contributed by atoms with Gasteiger partial charge in [0, 0.05) is 29.8 Å². The second-order valence-electron chi connectivity index (χ2n) is 6.87. The van der Waals surface area contributed by atoms with Gasteiger partial charge in [-0.3, -0.25) is 14.6 Å². The van der Waals surface area contributed by atoms with Crippen LogP contribution in [0.1, 0.15) is 17.3 Å². The van der Waals surface area contributed by atoms with E-state index >= 15 is 0 Å². The summed E-state index contributed by atoms with van der Waals surface area (Å²) in [7, 11) is 0. The van der Waals surface area contributed by atoms with Gasteiger partial charge in [-0.2, -0.15) is 0 Å². The lowest BCUT2D eigenvalue weighted by atomic mass is 10.0. The molecule has 0 atom stereocenters. The van der Waals surface area contributed by atoms with E-state index in [4.69, 9.17) is 23.2 Å². The van der Waals surface area contributed by atoms with Gasteiger partial charge in [0.05, 0.1) is 27.0 Å². The van der Waals surface area contributed by atoms with Crippen LogP contribution in [0.2, 0.25) is 10.0 Å². The molecule has 0 radical (unpaired) electrons. The number of carbonyl (C=O) groups excluding carboxylic acids is 2. The molecule has 4 rings (SSSR count). The number of hydrogen-bond donors (Lipinski definition) is 2. The lowest BCUT2D eigenvalue weighted by Gasteiger charge is -2.14. The number of nitrogens with one attached hydrogen (secondary N) is 2. The highest BCUT2D eigenvalue weighted by molar-refractivity contribution is 6.36. The first kappa shape index (κ1) is 20.8. The molecule has 0 saturated carbocycles. The average Bonchev–Trinajstić information content (AvgIpc) is 2.74. The van der Waals surface area contributed by atoms with Crippen LogP contribution in [0.5, 0.6) is 0 Å². The number of halogens is 2. The van der Waals surface area contributed by atoms with Crippen LogP contribution >= 0.6 is 23.2 Å². The second-order valence-corrected chi connectivity index (χ2v) is 7.69. The molecule has 0 aliphatic carbocycles. The van der Waals surface area contributed by atoms with Gasteiger partial charge < -0.3 is 10.6 Å². The monoisotopic (exact) mass is 449 g/mol. The minimum Gasteiger partial charge on any atom is -0.326 e. The number of pyridine rings is 1. The lowest BCUT2D eigenvalue weighted by Crippen LogP contribution is -2.17. The van der Waals surface area contributed by atoms with Gasteiger partial charge in [0.15, 0.2) is 0 Å². The smallest absolute Gasteiger partial charge is 0.259 e. The van der Waals surface area contributed by atoms with Gasteiger partial charge in [-0.25, -0.2) is 0 Å². The Morgan fingerprint density at radius 1 is 0.871 bits per heavy atom. The summed E-state index contributed by atoms with van der Waals surface area (Å²) < 4.78 is 0. The molecule has 31 heavy (non-hydrogen) atoms. The number of amides is 2. The Hall–Kier alpha value is -3.41. The van der Waals surface area contributed by atoms with Crippen molar-refractivity contribution in [3.8, 4) is 11.3 Å². The molecule has 1 heterocycles. The lowest BCUT2D eigenvalue weighted by molar-refractivity contribution is -0.114. The van der Waals surface area contributed by atoms with Gasteiger partial charge in [0.1, 0.15) is 0 Å². The fourth-order valence-corrected chi connectivity index (χ4v) is 3.83. The number of nitrogens with zero attached hydrogens (tertiary/aromatic N) is 1. The molecule has 0 spiro atoms. The Kier molecular flexibility index (Phi) is 5.89. The standard InChI is InChI=1S/C24H17Cl2N3O2/c1-14(30)28-21-8-4-7-20(26)22(21)24(31)29-16-9-10-19(25)18(13-16)23-17-6-3-2-5-15(17)11-12-27-23/h2-13H,1H3,(H,28,30)(H,29,31). The Labute approximate surface area is 189 Å². The van der Waals surface area contributed by atoms with Crippen LogP contribution in [0.25, 0.3) is 22.0 Å². The van der Waals surface area contributed by atoms with Crippen LogP contribution in [0.4, 0.5) is 11.4 Å². The van der Waals surface area contributed by atoms with Crippen molar-refractivity contribution < 1.29 is 9.59 Å². The molecular formula is C24H17Cl2N3O2. The summed E-state index contributed by atoms with van der Waals surface area (Å²) in [6.07, 6.45) is 1.72. The molecule has 3 aromatic carbocycles. The number of anilines is 2. The van der Waals surface area contributed by atoms with E-state index in [9.17, 15) is 9.59 Å². The van der Waals surface area contributed by atoms with E-state index in [1.807, 2.05) is 30.3 Å². The van der Waals surface area contributed by atoms with Crippen molar-refractivity contribution >= 4 is 57.2 Å². The maximum Gasteiger partial charge on any atom is 0.259 e. The predicted molar refractivity (Wildman–Crippen MR) is 126 cm³/mol. The highest BCUT2D eigenvalue weighted by atomic mass is 35.5. The summed E-state index contributed by atoms with van der Waals surface area (Å²) in [6.45, 7) is 1.37. The van der Waals surface area contributed by atoms with E-state index in [1.165, 1.54) is 6.92 Å². The van der Waals surface area contributed by atoms with Gasteiger partial charge in [0.2, 0.25) is 5.91 Å².